The van der Waals surface area contributed by atoms with Gasteiger partial charge in [0.2, 0.25) is 10.0 Å². The molecule has 6 heteroatoms. The molecule has 2 aliphatic heterocycles. The molecule has 5 nitrogen and oxygen atoms in total. The van der Waals surface area contributed by atoms with Crippen molar-refractivity contribution in [1.29, 1.82) is 0 Å². The molecule has 0 spiro atoms. The molecule has 0 aliphatic carbocycles. The third kappa shape index (κ3) is 3.44. The van der Waals surface area contributed by atoms with E-state index < -0.39 is 10.0 Å². The Balaban J connectivity index is 1.95. The summed E-state index contributed by atoms with van der Waals surface area (Å²) in [5, 5.41) is 0. The Bertz CT molecular complexity index is 364. The van der Waals surface area contributed by atoms with Gasteiger partial charge in [0.15, 0.2) is 0 Å². The van der Waals surface area contributed by atoms with Gasteiger partial charge in [-0.05, 0) is 38.5 Å². The van der Waals surface area contributed by atoms with Crippen molar-refractivity contribution in [3.63, 3.8) is 0 Å². The molecule has 0 saturated carbocycles. The van der Waals surface area contributed by atoms with Crippen molar-refractivity contribution in [2.75, 3.05) is 25.4 Å². The van der Waals surface area contributed by atoms with Crippen LogP contribution in [0.3, 0.4) is 0 Å². The predicted octanol–water partition coefficient (Wildman–Crippen LogP) is 0.554. The molecular weight excluding hydrogens is 252 g/mol. The van der Waals surface area contributed by atoms with Gasteiger partial charge in [0.1, 0.15) is 0 Å². The smallest absolute Gasteiger partial charge is 0.216 e. The average molecular weight is 276 g/mol. The van der Waals surface area contributed by atoms with E-state index in [2.05, 4.69) is 0 Å². The molecule has 2 saturated heterocycles. The molecule has 2 rings (SSSR count). The van der Waals surface area contributed by atoms with Crippen molar-refractivity contribution in [3.8, 4) is 0 Å². The predicted molar refractivity (Wildman–Crippen MR) is 70.7 cm³/mol. The van der Waals surface area contributed by atoms with Crippen molar-refractivity contribution in [3.05, 3.63) is 0 Å². The molecule has 3 unspecified atom stereocenters. The summed E-state index contributed by atoms with van der Waals surface area (Å²) >= 11 is 0. The standard InChI is InChI=1S/C12H24N2O3S/c1-10(13)11-4-2-6-14(8-11)18(15,16)9-12-5-3-7-17-12/h10-12H,2-9,13H2,1H3. The number of piperidine rings is 1. The van der Waals surface area contributed by atoms with Gasteiger partial charge in [0, 0.05) is 25.7 Å². The highest BCUT2D eigenvalue weighted by molar-refractivity contribution is 7.89. The van der Waals surface area contributed by atoms with E-state index in [0.29, 0.717) is 19.7 Å². The molecule has 0 radical (unpaired) electrons. The van der Waals surface area contributed by atoms with Crippen LogP contribution < -0.4 is 5.73 Å². The third-order valence-electron chi connectivity index (χ3n) is 3.98. The Hall–Kier alpha value is -0.170. The first kappa shape index (κ1) is 14.2. The lowest BCUT2D eigenvalue weighted by Gasteiger charge is -2.34. The second kappa shape index (κ2) is 5.86. The fourth-order valence-electron chi connectivity index (χ4n) is 2.77. The van der Waals surface area contributed by atoms with Crippen LogP contribution in [0.2, 0.25) is 0 Å². The summed E-state index contributed by atoms with van der Waals surface area (Å²) in [6, 6.07) is 0.0609. The largest absolute Gasteiger partial charge is 0.377 e. The van der Waals surface area contributed by atoms with Crippen LogP contribution in [0.4, 0.5) is 0 Å². The maximum absolute atomic E-state index is 12.3. The lowest BCUT2D eigenvalue weighted by Crippen LogP contribution is -2.46. The highest BCUT2D eigenvalue weighted by atomic mass is 32.2. The van der Waals surface area contributed by atoms with Crippen LogP contribution >= 0.6 is 0 Å². The zero-order chi connectivity index (χ0) is 13.2. The van der Waals surface area contributed by atoms with E-state index in [1.54, 1.807) is 4.31 Å². The van der Waals surface area contributed by atoms with Gasteiger partial charge in [-0.15, -0.1) is 0 Å². The van der Waals surface area contributed by atoms with Crippen LogP contribution in [0.1, 0.15) is 32.6 Å². The molecule has 0 amide bonds. The fourth-order valence-corrected chi connectivity index (χ4v) is 4.54. The van der Waals surface area contributed by atoms with Crippen LogP contribution in [-0.4, -0.2) is 50.3 Å². The number of sulfonamides is 1. The van der Waals surface area contributed by atoms with E-state index in [0.717, 1.165) is 25.7 Å². The Morgan fingerprint density at radius 3 is 2.78 bits per heavy atom. The molecule has 3 atom stereocenters. The van der Waals surface area contributed by atoms with Crippen LogP contribution in [0.15, 0.2) is 0 Å². The lowest BCUT2D eigenvalue weighted by molar-refractivity contribution is 0.125. The van der Waals surface area contributed by atoms with E-state index in [9.17, 15) is 8.42 Å². The number of nitrogens with two attached hydrogens (primary N) is 1. The summed E-state index contributed by atoms with van der Waals surface area (Å²) in [7, 11) is -3.18. The van der Waals surface area contributed by atoms with Gasteiger partial charge in [-0.3, -0.25) is 0 Å². The first-order chi connectivity index (χ1) is 8.49. The number of hydrogen-bond donors (Lipinski definition) is 1. The zero-order valence-corrected chi connectivity index (χ0v) is 11.9. The molecule has 2 aliphatic rings. The lowest BCUT2D eigenvalue weighted by atomic mass is 9.93. The molecule has 2 N–H and O–H groups in total. The molecule has 0 aromatic rings. The van der Waals surface area contributed by atoms with E-state index in [1.165, 1.54) is 0 Å². The second-order valence-electron chi connectivity index (χ2n) is 5.53. The Morgan fingerprint density at radius 2 is 2.17 bits per heavy atom. The first-order valence-electron chi connectivity index (χ1n) is 6.84. The zero-order valence-electron chi connectivity index (χ0n) is 11.0. The van der Waals surface area contributed by atoms with Crippen molar-refractivity contribution < 1.29 is 13.2 Å². The van der Waals surface area contributed by atoms with Crippen LogP contribution in [-0.2, 0) is 14.8 Å². The summed E-state index contributed by atoms with van der Waals surface area (Å²) in [6.45, 7) is 3.87. The molecule has 18 heavy (non-hydrogen) atoms. The van der Waals surface area contributed by atoms with Crippen molar-refractivity contribution in [2.45, 2.75) is 44.8 Å². The minimum absolute atomic E-state index is 0.0609. The maximum atomic E-state index is 12.3. The van der Waals surface area contributed by atoms with Gasteiger partial charge in [-0.2, -0.15) is 0 Å². The van der Waals surface area contributed by atoms with E-state index >= 15 is 0 Å². The van der Waals surface area contributed by atoms with Crippen molar-refractivity contribution >= 4 is 10.0 Å². The second-order valence-corrected chi connectivity index (χ2v) is 7.55. The molecule has 106 valence electrons. The van der Waals surface area contributed by atoms with E-state index in [-0.39, 0.29) is 23.8 Å². The van der Waals surface area contributed by atoms with Crippen LogP contribution in [0.5, 0.6) is 0 Å². The minimum atomic E-state index is -3.18. The highest BCUT2D eigenvalue weighted by Crippen LogP contribution is 2.23. The number of rotatable bonds is 4. The van der Waals surface area contributed by atoms with Crippen LogP contribution in [0, 0.1) is 5.92 Å². The third-order valence-corrected chi connectivity index (χ3v) is 5.89. The van der Waals surface area contributed by atoms with Gasteiger partial charge in [0.25, 0.3) is 0 Å². The minimum Gasteiger partial charge on any atom is -0.377 e. The van der Waals surface area contributed by atoms with Gasteiger partial charge in [-0.1, -0.05) is 0 Å². The molecule has 0 bridgehead atoms. The van der Waals surface area contributed by atoms with Gasteiger partial charge in [-0.25, -0.2) is 12.7 Å². The quantitative estimate of drug-likeness (QED) is 0.814. The highest BCUT2D eigenvalue weighted by Gasteiger charge is 2.33. The van der Waals surface area contributed by atoms with Crippen molar-refractivity contribution in [1.82, 2.24) is 4.31 Å². The summed E-state index contributed by atoms with van der Waals surface area (Å²) in [6.07, 6.45) is 3.68. The average Bonchev–Trinajstić information content (AvgIpc) is 2.81. The monoisotopic (exact) mass is 276 g/mol. The fraction of sp³-hybridized carbons (Fsp3) is 1.00. The topological polar surface area (TPSA) is 72.6 Å². The SMILES string of the molecule is CC(N)C1CCCN(S(=O)(=O)CC2CCCO2)C1. The summed E-state index contributed by atoms with van der Waals surface area (Å²) in [5.41, 5.74) is 5.89. The summed E-state index contributed by atoms with van der Waals surface area (Å²) < 4.78 is 31.7. The number of hydrogen-bond acceptors (Lipinski definition) is 4. The van der Waals surface area contributed by atoms with E-state index in [4.69, 9.17) is 10.5 Å². The number of ether oxygens (including phenoxy) is 1. The Labute approximate surface area is 110 Å². The Kier molecular flexibility index (Phi) is 4.64. The summed E-state index contributed by atoms with van der Waals surface area (Å²) in [4.78, 5) is 0. The van der Waals surface area contributed by atoms with Gasteiger partial charge in [0.05, 0.1) is 11.9 Å². The first-order valence-corrected chi connectivity index (χ1v) is 8.45. The van der Waals surface area contributed by atoms with E-state index in [1.807, 2.05) is 6.92 Å². The molecule has 0 aromatic carbocycles. The molecule has 2 fully saturated rings. The maximum Gasteiger partial charge on any atom is 0.216 e. The number of nitrogens with zero attached hydrogens (tertiary/aromatic N) is 1. The molecule has 0 aromatic heterocycles. The normalized spacial score (nSPS) is 32.6. The van der Waals surface area contributed by atoms with Gasteiger partial charge >= 0.3 is 0 Å². The molecular formula is C12H24N2O3S. The van der Waals surface area contributed by atoms with Crippen molar-refractivity contribution in [2.24, 2.45) is 11.7 Å². The summed E-state index contributed by atoms with van der Waals surface area (Å²) in [5.74, 6) is 0.427. The van der Waals surface area contributed by atoms with Crippen LogP contribution in [0.25, 0.3) is 0 Å². The van der Waals surface area contributed by atoms with Gasteiger partial charge < -0.3 is 10.5 Å². The molecule has 2 heterocycles. The Morgan fingerprint density at radius 1 is 1.39 bits per heavy atom.